The molecule has 1 fully saturated rings. The Morgan fingerprint density at radius 2 is 1.67 bits per heavy atom. The van der Waals surface area contributed by atoms with Crippen LogP contribution in [0.3, 0.4) is 0 Å². The summed E-state index contributed by atoms with van der Waals surface area (Å²) >= 11 is 0. The van der Waals surface area contributed by atoms with E-state index in [9.17, 15) is 14.9 Å². The Hall–Kier alpha value is -3.07. The van der Waals surface area contributed by atoms with Gasteiger partial charge in [-0.15, -0.1) is 0 Å². The van der Waals surface area contributed by atoms with Crippen molar-refractivity contribution in [2.75, 3.05) is 10.6 Å². The third kappa shape index (κ3) is 3.15. The van der Waals surface area contributed by atoms with Crippen LogP contribution >= 0.6 is 0 Å². The van der Waals surface area contributed by atoms with Gasteiger partial charge in [0.05, 0.1) is 12.3 Å². The van der Waals surface area contributed by atoms with E-state index in [0.717, 1.165) is 12.8 Å². The van der Waals surface area contributed by atoms with Crippen LogP contribution in [-0.4, -0.2) is 11.8 Å². The van der Waals surface area contributed by atoms with Crippen molar-refractivity contribution in [3.8, 4) is 6.07 Å². The summed E-state index contributed by atoms with van der Waals surface area (Å²) in [5, 5.41) is 14.8. The first kappa shape index (κ1) is 15.8. The maximum absolute atomic E-state index is 12.4. The smallest absolute Gasteiger partial charge is 0.291 e. The summed E-state index contributed by atoms with van der Waals surface area (Å²) in [6, 6.07) is 12.1. The molecule has 0 radical (unpaired) electrons. The summed E-state index contributed by atoms with van der Waals surface area (Å²) in [7, 11) is 0. The molecule has 2 amide bonds. The maximum Gasteiger partial charge on any atom is 0.291 e. The van der Waals surface area contributed by atoms with E-state index >= 15 is 0 Å². The van der Waals surface area contributed by atoms with Crippen LogP contribution < -0.4 is 10.6 Å². The molecule has 1 aromatic heterocycles. The lowest BCUT2D eigenvalue weighted by Crippen LogP contribution is -2.32. The van der Waals surface area contributed by atoms with Crippen molar-refractivity contribution in [2.24, 2.45) is 5.41 Å². The van der Waals surface area contributed by atoms with Gasteiger partial charge in [0.15, 0.2) is 5.76 Å². The number of hydrogen-bond acceptors (Lipinski definition) is 4. The highest BCUT2D eigenvalue weighted by atomic mass is 16.3. The van der Waals surface area contributed by atoms with E-state index < -0.39 is 5.41 Å². The normalized spacial score (nSPS) is 15.5. The number of nitriles is 1. The van der Waals surface area contributed by atoms with Gasteiger partial charge in [-0.3, -0.25) is 9.59 Å². The van der Waals surface area contributed by atoms with E-state index in [2.05, 4.69) is 16.7 Å². The van der Waals surface area contributed by atoms with Gasteiger partial charge >= 0.3 is 0 Å². The number of carbonyl (C=O) groups excluding carboxylic acids is 2. The van der Waals surface area contributed by atoms with Gasteiger partial charge in [0.1, 0.15) is 5.41 Å². The Kier molecular flexibility index (Phi) is 4.34. The molecular weight excluding hydrogens is 306 g/mol. The fourth-order valence-electron chi connectivity index (χ4n) is 2.86. The van der Waals surface area contributed by atoms with Gasteiger partial charge in [-0.2, -0.15) is 5.26 Å². The van der Waals surface area contributed by atoms with E-state index in [-0.39, 0.29) is 17.6 Å². The molecule has 0 saturated heterocycles. The number of furan rings is 1. The van der Waals surface area contributed by atoms with Crippen molar-refractivity contribution in [1.82, 2.24) is 0 Å². The van der Waals surface area contributed by atoms with Crippen LogP contribution in [0.25, 0.3) is 0 Å². The lowest BCUT2D eigenvalue weighted by molar-refractivity contribution is -0.122. The molecule has 0 spiro atoms. The van der Waals surface area contributed by atoms with Crippen molar-refractivity contribution in [3.05, 3.63) is 48.4 Å². The third-order valence-corrected chi connectivity index (χ3v) is 4.25. The van der Waals surface area contributed by atoms with Crippen LogP contribution in [0, 0.1) is 16.7 Å². The quantitative estimate of drug-likeness (QED) is 0.899. The Morgan fingerprint density at radius 3 is 2.21 bits per heavy atom. The molecule has 0 atom stereocenters. The van der Waals surface area contributed by atoms with Crippen molar-refractivity contribution >= 4 is 23.2 Å². The first-order valence-corrected chi connectivity index (χ1v) is 7.81. The van der Waals surface area contributed by atoms with E-state index in [1.807, 2.05) is 0 Å². The second-order valence-electron chi connectivity index (χ2n) is 5.86. The highest BCUT2D eigenvalue weighted by molar-refractivity contribution is 6.02. The largest absolute Gasteiger partial charge is 0.459 e. The summed E-state index contributed by atoms with van der Waals surface area (Å²) in [5.41, 5.74) is 0.273. The zero-order valence-electron chi connectivity index (χ0n) is 13.0. The van der Waals surface area contributed by atoms with E-state index in [0.29, 0.717) is 24.2 Å². The SMILES string of the molecule is N#CC1(C(=O)Nc2ccc(NC(=O)c3ccco3)cc2)CCCC1. The summed E-state index contributed by atoms with van der Waals surface area (Å²) in [5.74, 6) is -0.370. The molecule has 2 N–H and O–H groups in total. The van der Waals surface area contributed by atoms with Gasteiger partial charge in [0.25, 0.3) is 5.91 Å². The summed E-state index contributed by atoms with van der Waals surface area (Å²) in [6.07, 6.45) is 4.44. The first-order chi connectivity index (χ1) is 11.6. The van der Waals surface area contributed by atoms with Gasteiger partial charge in [-0.1, -0.05) is 12.8 Å². The zero-order valence-corrected chi connectivity index (χ0v) is 13.0. The molecule has 0 aliphatic heterocycles. The molecule has 24 heavy (non-hydrogen) atoms. The van der Waals surface area contributed by atoms with Gasteiger partial charge in [0, 0.05) is 11.4 Å². The molecule has 1 aliphatic rings. The van der Waals surface area contributed by atoms with Crippen molar-refractivity contribution in [1.29, 1.82) is 5.26 Å². The second kappa shape index (κ2) is 6.59. The molecular formula is C18H17N3O3. The number of amides is 2. The number of carbonyl (C=O) groups is 2. The summed E-state index contributed by atoms with van der Waals surface area (Å²) in [6.45, 7) is 0. The Morgan fingerprint density at radius 1 is 1.04 bits per heavy atom. The number of hydrogen-bond donors (Lipinski definition) is 2. The first-order valence-electron chi connectivity index (χ1n) is 7.81. The van der Waals surface area contributed by atoms with Crippen LogP contribution in [0.5, 0.6) is 0 Å². The minimum absolute atomic E-state index is 0.226. The van der Waals surface area contributed by atoms with Crippen LogP contribution in [0.15, 0.2) is 47.1 Å². The second-order valence-corrected chi connectivity index (χ2v) is 5.86. The molecule has 1 saturated carbocycles. The molecule has 6 heteroatoms. The fourth-order valence-corrected chi connectivity index (χ4v) is 2.86. The predicted octanol–water partition coefficient (Wildman–Crippen LogP) is 3.55. The van der Waals surface area contributed by atoms with Crippen molar-refractivity contribution in [3.63, 3.8) is 0 Å². The van der Waals surface area contributed by atoms with Gasteiger partial charge in [0.2, 0.25) is 5.91 Å². The molecule has 1 heterocycles. The maximum atomic E-state index is 12.4. The zero-order chi connectivity index (χ0) is 17.0. The van der Waals surface area contributed by atoms with Crippen molar-refractivity contribution in [2.45, 2.75) is 25.7 Å². The van der Waals surface area contributed by atoms with E-state index in [4.69, 9.17) is 4.42 Å². The molecule has 0 unspecified atom stereocenters. The molecule has 122 valence electrons. The lowest BCUT2D eigenvalue weighted by atomic mass is 9.87. The molecule has 1 aromatic carbocycles. The molecule has 2 aromatic rings. The average molecular weight is 323 g/mol. The average Bonchev–Trinajstić information content (AvgIpc) is 3.29. The third-order valence-electron chi connectivity index (χ3n) is 4.25. The molecule has 1 aliphatic carbocycles. The van der Waals surface area contributed by atoms with E-state index in [1.54, 1.807) is 36.4 Å². The van der Waals surface area contributed by atoms with Crippen LogP contribution in [0.1, 0.15) is 36.2 Å². The lowest BCUT2D eigenvalue weighted by Gasteiger charge is -2.19. The van der Waals surface area contributed by atoms with Gasteiger partial charge in [-0.25, -0.2) is 0 Å². The van der Waals surface area contributed by atoms with Crippen LogP contribution in [0.4, 0.5) is 11.4 Å². The monoisotopic (exact) mass is 323 g/mol. The minimum Gasteiger partial charge on any atom is -0.459 e. The highest BCUT2D eigenvalue weighted by Crippen LogP contribution is 2.38. The minimum atomic E-state index is -0.911. The highest BCUT2D eigenvalue weighted by Gasteiger charge is 2.41. The fraction of sp³-hybridized carbons (Fsp3) is 0.278. The van der Waals surface area contributed by atoms with Gasteiger partial charge in [-0.05, 0) is 49.2 Å². The standard InChI is InChI=1S/C18H17N3O3/c19-12-18(9-1-2-10-18)17(23)21-14-7-5-13(6-8-14)20-16(22)15-4-3-11-24-15/h3-8,11H,1-2,9-10H2,(H,20,22)(H,21,23). The van der Waals surface area contributed by atoms with Crippen LogP contribution in [0.2, 0.25) is 0 Å². The number of nitrogens with zero attached hydrogens (tertiary/aromatic N) is 1. The predicted molar refractivity (Wildman–Crippen MR) is 88.2 cm³/mol. The molecule has 6 nitrogen and oxygen atoms in total. The number of rotatable bonds is 4. The Labute approximate surface area is 139 Å². The summed E-state index contributed by atoms with van der Waals surface area (Å²) < 4.78 is 5.02. The van der Waals surface area contributed by atoms with Crippen LogP contribution in [-0.2, 0) is 4.79 Å². The summed E-state index contributed by atoms with van der Waals surface area (Å²) in [4.78, 5) is 24.3. The number of nitrogens with one attached hydrogen (secondary N) is 2. The van der Waals surface area contributed by atoms with E-state index in [1.165, 1.54) is 6.26 Å². The van der Waals surface area contributed by atoms with Gasteiger partial charge < -0.3 is 15.1 Å². The van der Waals surface area contributed by atoms with Crippen molar-refractivity contribution < 1.29 is 14.0 Å². The Bertz CT molecular complexity index is 767. The number of benzene rings is 1. The molecule has 3 rings (SSSR count). The molecule has 0 bridgehead atoms. The Balaban J connectivity index is 1.63. The topological polar surface area (TPSA) is 95.1 Å². The number of anilines is 2.